The summed E-state index contributed by atoms with van der Waals surface area (Å²) in [5.41, 5.74) is 5.42. The number of alkyl halides is 2. The molecule has 186 valence electrons. The van der Waals surface area contributed by atoms with Crippen molar-refractivity contribution < 1.29 is 8.78 Å². The lowest BCUT2D eigenvalue weighted by atomic mass is 9.84. The van der Waals surface area contributed by atoms with E-state index < -0.39 is 5.67 Å². The minimum atomic E-state index is -1.07. The van der Waals surface area contributed by atoms with E-state index in [1.165, 1.54) is 11.1 Å². The highest BCUT2D eigenvalue weighted by atomic mass is 19.1. The number of anilines is 1. The predicted octanol–water partition coefficient (Wildman–Crippen LogP) is 4.56. The second-order valence-corrected chi connectivity index (χ2v) is 10.8. The summed E-state index contributed by atoms with van der Waals surface area (Å²) in [6.45, 7) is 7.12. The van der Waals surface area contributed by atoms with Gasteiger partial charge in [0.25, 0.3) is 0 Å². The molecule has 2 aromatic heterocycles. The Morgan fingerprint density at radius 2 is 2.03 bits per heavy atom. The number of pyridine rings is 1. The number of H-pyrrole nitrogens is 1. The summed E-state index contributed by atoms with van der Waals surface area (Å²) < 4.78 is 27.5. The summed E-state index contributed by atoms with van der Waals surface area (Å²) in [7, 11) is 0. The van der Waals surface area contributed by atoms with Crippen molar-refractivity contribution in [2.45, 2.75) is 63.3 Å². The molecule has 1 aromatic carbocycles. The monoisotopic (exact) mass is 480 g/mol. The number of likely N-dealkylation sites (tertiary alicyclic amines) is 1. The maximum atomic E-state index is 15.1. The first-order valence-electron chi connectivity index (χ1n) is 12.9. The number of nitrogens with zero attached hydrogens (tertiary/aromatic N) is 4. The topological polar surface area (TPSA) is 60.1 Å². The number of halogens is 2. The van der Waals surface area contributed by atoms with E-state index in [2.05, 4.69) is 56.5 Å². The zero-order valence-electron chi connectivity index (χ0n) is 20.5. The zero-order chi connectivity index (χ0) is 24.2. The van der Waals surface area contributed by atoms with Crippen LogP contribution in [0.3, 0.4) is 0 Å². The molecule has 0 radical (unpaired) electrons. The van der Waals surface area contributed by atoms with E-state index in [9.17, 15) is 4.39 Å². The highest BCUT2D eigenvalue weighted by molar-refractivity contribution is 5.83. The number of hydrogen-bond donors (Lipinski definition) is 2. The van der Waals surface area contributed by atoms with Gasteiger partial charge in [0.05, 0.1) is 47.5 Å². The van der Waals surface area contributed by atoms with Gasteiger partial charge in [0.1, 0.15) is 5.67 Å². The Balaban J connectivity index is 1.29. The van der Waals surface area contributed by atoms with E-state index in [0.717, 1.165) is 54.0 Å². The predicted molar refractivity (Wildman–Crippen MR) is 134 cm³/mol. The molecule has 2 fully saturated rings. The first kappa shape index (κ1) is 22.9. The molecule has 0 unspecified atom stereocenters. The van der Waals surface area contributed by atoms with E-state index in [1.54, 1.807) is 0 Å². The van der Waals surface area contributed by atoms with Crippen LogP contribution in [-0.2, 0) is 6.42 Å². The summed E-state index contributed by atoms with van der Waals surface area (Å²) in [6, 6.07) is 8.95. The highest BCUT2D eigenvalue weighted by Gasteiger charge is 2.48. The molecule has 4 heterocycles. The molecule has 0 spiro atoms. The lowest BCUT2D eigenvalue weighted by Gasteiger charge is -2.43. The average Bonchev–Trinajstić information content (AvgIpc) is 3.34. The highest BCUT2D eigenvalue weighted by Crippen LogP contribution is 2.46. The first-order valence-corrected chi connectivity index (χ1v) is 12.9. The second kappa shape index (κ2) is 8.82. The van der Waals surface area contributed by atoms with Crippen LogP contribution in [-0.4, -0.2) is 75.6 Å². The van der Waals surface area contributed by atoms with Gasteiger partial charge in [0.15, 0.2) is 0 Å². The van der Waals surface area contributed by atoms with E-state index in [0.29, 0.717) is 31.8 Å². The largest absolute Gasteiger partial charge is 0.378 e. The second-order valence-electron chi connectivity index (χ2n) is 10.8. The van der Waals surface area contributed by atoms with Gasteiger partial charge in [-0.05, 0) is 68.9 Å². The van der Waals surface area contributed by atoms with Gasteiger partial charge < -0.3 is 5.32 Å². The lowest BCUT2D eigenvalue weighted by Crippen LogP contribution is -2.54. The van der Waals surface area contributed by atoms with Gasteiger partial charge in [-0.25, -0.2) is 4.39 Å². The molecule has 6 rings (SSSR count). The number of benzene rings is 1. The van der Waals surface area contributed by atoms with Gasteiger partial charge >= 0.3 is 0 Å². The molecule has 0 bridgehead atoms. The number of aromatic nitrogens is 3. The molecule has 3 aromatic rings. The molecule has 1 saturated carbocycles. The molecule has 2 aliphatic heterocycles. The minimum absolute atomic E-state index is 0.0890. The maximum Gasteiger partial charge on any atom is 0.124 e. The lowest BCUT2D eigenvalue weighted by molar-refractivity contribution is 0.0968. The summed E-state index contributed by atoms with van der Waals surface area (Å²) >= 11 is 0. The molecule has 1 aliphatic carbocycles. The van der Waals surface area contributed by atoms with Gasteiger partial charge in [0, 0.05) is 37.6 Å². The van der Waals surface area contributed by atoms with E-state index in [1.807, 2.05) is 13.1 Å². The van der Waals surface area contributed by atoms with Crippen molar-refractivity contribution >= 4 is 16.6 Å². The number of aromatic amines is 1. The van der Waals surface area contributed by atoms with Gasteiger partial charge in [-0.3, -0.25) is 24.3 Å². The number of hydrogen-bond acceptors (Lipinski definition) is 5. The summed E-state index contributed by atoms with van der Waals surface area (Å²) in [6.07, 6.45) is 4.68. The van der Waals surface area contributed by atoms with Gasteiger partial charge in [-0.1, -0.05) is 6.07 Å². The van der Waals surface area contributed by atoms with Crippen molar-refractivity contribution in [1.82, 2.24) is 25.0 Å². The van der Waals surface area contributed by atoms with Gasteiger partial charge in [-0.2, -0.15) is 5.10 Å². The van der Waals surface area contributed by atoms with Crippen LogP contribution >= 0.6 is 0 Å². The van der Waals surface area contributed by atoms with E-state index in [4.69, 9.17) is 4.98 Å². The Morgan fingerprint density at radius 3 is 2.77 bits per heavy atom. The fraction of sp³-hybridized carbons (Fsp3) is 0.556. The van der Waals surface area contributed by atoms with Crippen LogP contribution in [0.5, 0.6) is 0 Å². The average molecular weight is 481 g/mol. The fourth-order valence-electron chi connectivity index (χ4n) is 5.85. The third-order valence-corrected chi connectivity index (χ3v) is 8.03. The number of fused-ring (bicyclic) bond motifs is 3. The van der Waals surface area contributed by atoms with Crippen LogP contribution in [0.1, 0.15) is 54.7 Å². The van der Waals surface area contributed by atoms with Crippen molar-refractivity contribution in [3.05, 3.63) is 53.0 Å². The molecule has 2 N–H and O–H groups in total. The van der Waals surface area contributed by atoms with Gasteiger partial charge in [0.2, 0.25) is 0 Å². The third kappa shape index (κ3) is 4.31. The van der Waals surface area contributed by atoms with Crippen LogP contribution in [0.2, 0.25) is 0 Å². The van der Waals surface area contributed by atoms with Crippen molar-refractivity contribution in [1.29, 1.82) is 0 Å². The molecule has 8 heteroatoms. The molecule has 3 aliphatic rings. The van der Waals surface area contributed by atoms with Crippen LogP contribution in [0.4, 0.5) is 14.5 Å². The Morgan fingerprint density at radius 1 is 1.20 bits per heavy atom. The van der Waals surface area contributed by atoms with Crippen molar-refractivity contribution in [3.63, 3.8) is 0 Å². The van der Waals surface area contributed by atoms with Crippen molar-refractivity contribution in [2.24, 2.45) is 0 Å². The molecule has 6 nitrogen and oxygen atoms in total. The number of nitrogens with one attached hydrogen (secondary N) is 2. The van der Waals surface area contributed by atoms with Gasteiger partial charge in [-0.15, -0.1) is 0 Å². The molecule has 2 atom stereocenters. The SMILES string of the molecule is Cc1nc([C@@H]2c3ccc4[nH]ncc4c3C[C@@H](C)N2CC2(F)CC2)ccc1NC1CN(CCCF)C1. The number of rotatable bonds is 8. The Kier molecular flexibility index (Phi) is 5.76. The summed E-state index contributed by atoms with van der Waals surface area (Å²) in [5, 5.41) is 12.1. The van der Waals surface area contributed by atoms with Crippen LogP contribution in [0.25, 0.3) is 10.9 Å². The minimum Gasteiger partial charge on any atom is -0.378 e. The quantitative estimate of drug-likeness (QED) is 0.495. The standard InChI is InChI=1S/C27H34F2N6/c1-17-12-21-20(4-5-24-22(21)13-30-33-24)26(35(17)16-27(29)8-9-27)25-7-6-23(18(2)31-25)32-19-14-34(15-19)11-3-10-28/h4-7,13,17,19,26,32H,3,8-12,14-16H2,1-2H3,(H,30,33)/t17-,26+/m1/s1. The molecule has 0 amide bonds. The Labute approximate surface area is 205 Å². The molecular formula is C27H34F2N6. The Bertz CT molecular complexity index is 1220. The van der Waals surface area contributed by atoms with Crippen LogP contribution in [0.15, 0.2) is 30.5 Å². The van der Waals surface area contributed by atoms with Crippen LogP contribution < -0.4 is 5.32 Å². The fourth-order valence-corrected chi connectivity index (χ4v) is 5.85. The molecule has 35 heavy (non-hydrogen) atoms. The normalized spacial score (nSPS) is 24.3. The Hall–Kier alpha value is -2.58. The smallest absolute Gasteiger partial charge is 0.124 e. The molecule has 1 saturated heterocycles. The van der Waals surface area contributed by atoms with Crippen molar-refractivity contribution in [3.8, 4) is 0 Å². The van der Waals surface area contributed by atoms with E-state index >= 15 is 4.39 Å². The summed E-state index contributed by atoms with van der Waals surface area (Å²) in [5.74, 6) is 0. The van der Waals surface area contributed by atoms with Crippen molar-refractivity contribution in [2.75, 3.05) is 38.2 Å². The van der Waals surface area contributed by atoms with Crippen LogP contribution in [0, 0.1) is 6.92 Å². The zero-order valence-corrected chi connectivity index (χ0v) is 20.5. The summed E-state index contributed by atoms with van der Waals surface area (Å²) in [4.78, 5) is 9.66. The first-order chi connectivity index (χ1) is 16.9. The number of aryl methyl sites for hydroxylation is 1. The molecular weight excluding hydrogens is 446 g/mol. The third-order valence-electron chi connectivity index (χ3n) is 8.03. The van der Waals surface area contributed by atoms with E-state index in [-0.39, 0.29) is 18.8 Å². The maximum absolute atomic E-state index is 15.1.